The Morgan fingerprint density at radius 3 is 2.80 bits per heavy atom. The molecule has 0 amide bonds. The van der Waals surface area contributed by atoms with Gasteiger partial charge >= 0.3 is 0 Å². The molecule has 2 aliphatic carbocycles. The SMILES string of the molecule is COC1=C2CC(=CC=C1)C=CC=C2C=O. The van der Waals surface area contributed by atoms with Gasteiger partial charge in [-0.05, 0) is 11.6 Å². The van der Waals surface area contributed by atoms with Crippen molar-refractivity contribution in [3.8, 4) is 0 Å². The summed E-state index contributed by atoms with van der Waals surface area (Å²) in [5.41, 5.74) is 2.83. The third-order valence-electron chi connectivity index (χ3n) is 2.52. The number of hydrogen-bond acceptors (Lipinski definition) is 2. The van der Waals surface area contributed by atoms with E-state index in [4.69, 9.17) is 4.74 Å². The van der Waals surface area contributed by atoms with E-state index in [1.807, 2.05) is 36.5 Å². The van der Waals surface area contributed by atoms with Crippen molar-refractivity contribution < 1.29 is 9.53 Å². The van der Waals surface area contributed by atoms with Crippen LogP contribution in [-0.4, -0.2) is 13.4 Å². The van der Waals surface area contributed by atoms with Crippen molar-refractivity contribution >= 4 is 6.29 Å². The Morgan fingerprint density at radius 2 is 2.07 bits per heavy atom. The summed E-state index contributed by atoms with van der Waals surface area (Å²) in [4.78, 5) is 11.0. The molecule has 0 spiro atoms. The first-order valence-electron chi connectivity index (χ1n) is 4.83. The minimum absolute atomic E-state index is 0.693. The van der Waals surface area contributed by atoms with Crippen molar-refractivity contribution in [1.82, 2.24) is 0 Å². The largest absolute Gasteiger partial charge is 0.496 e. The Bertz CT molecular complexity index is 431. The first-order chi connectivity index (χ1) is 7.35. The van der Waals surface area contributed by atoms with Gasteiger partial charge in [0, 0.05) is 17.6 Å². The second-order valence-electron chi connectivity index (χ2n) is 3.42. The summed E-state index contributed by atoms with van der Waals surface area (Å²) in [6, 6.07) is 0. The van der Waals surface area contributed by atoms with Gasteiger partial charge < -0.3 is 4.74 Å². The second kappa shape index (κ2) is 4.13. The van der Waals surface area contributed by atoms with Crippen LogP contribution in [0.25, 0.3) is 0 Å². The van der Waals surface area contributed by atoms with E-state index in [9.17, 15) is 4.79 Å². The van der Waals surface area contributed by atoms with Crippen LogP contribution < -0.4 is 0 Å². The predicted molar refractivity (Wildman–Crippen MR) is 59.2 cm³/mol. The highest BCUT2D eigenvalue weighted by atomic mass is 16.5. The van der Waals surface area contributed by atoms with Crippen molar-refractivity contribution in [3.63, 3.8) is 0 Å². The molecule has 0 saturated carbocycles. The molecule has 0 atom stereocenters. The van der Waals surface area contributed by atoms with E-state index in [2.05, 4.69) is 0 Å². The highest BCUT2D eigenvalue weighted by Crippen LogP contribution is 2.28. The monoisotopic (exact) mass is 200 g/mol. The fourth-order valence-electron chi connectivity index (χ4n) is 1.75. The Morgan fingerprint density at radius 1 is 1.27 bits per heavy atom. The van der Waals surface area contributed by atoms with Gasteiger partial charge in [0.15, 0.2) is 0 Å². The number of carbonyl (C=O) groups is 1. The van der Waals surface area contributed by atoms with E-state index in [0.29, 0.717) is 5.57 Å². The molecule has 0 aromatic rings. The number of rotatable bonds is 2. The van der Waals surface area contributed by atoms with E-state index in [1.54, 1.807) is 7.11 Å². The molecule has 2 rings (SSSR count). The molecule has 2 bridgehead atoms. The molecule has 2 aliphatic rings. The van der Waals surface area contributed by atoms with Gasteiger partial charge in [-0.25, -0.2) is 0 Å². The average Bonchev–Trinajstić information content (AvgIpc) is 2.58. The fraction of sp³-hybridized carbons (Fsp3) is 0.154. The highest BCUT2D eigenvalue weighted by molar-refractivity contribution is 5.82. The lowest BCUT2D eigenvalue weighted by atomic mass is 10.0. The first-order valence-corrected chi connectivity index (χ1v) is 4.83. The maximum Gasteiger partial charge on any atom is 0.150 e. The summed E-state index contributed by atoms with van der Waals surface area (Å²) in [6.45, 7) is 0. The lowest BCUT2D eigenvalue weighted by molar-refractivity contribution is -0.104. The summed E-state index contributed by atoms with van der Waals surface area (Å²) in [7, 11) is 1.62. The molecular formula is C13H12O2. The van der Waals surface area contributed by atoms with Gasteiger partial charge in [-0.2, -0.15) is 0 Å². The molecule has 2 nitrogen and oxygen atoms in total. The molecule has 0 aliphatic heterocycles. The van der Waals surface area contributed by atoms with Crippen molar-refractivity contribution in [3.05, 3.63) is 58.9 Å². The van der Waals surface area contributed by atoms with Gasteiger partial charge in [-0.15, -0.1) is 0 Å². The van der Waals surface area contributed by atoms with Crippen molar-refractivity contribution in [2.75, 3.05) is 7.11 Å². The fourth-order valence-corrected chi connectivity index (χ4v) is 1.75. The van der Waals surface area contributed by atoms with Gasteiger partial charge in [0.25, 0.3) is 0 Å². The predicted octanol–water partition coefficient (Wildman–Crippen LogP) is 2.47. The zero-order valence-corrected chi connectivity index (χ0v) is 8.57. The Kier molecular flexibility index (Phi) is 2.68. The summed E-state index contributed by atoms with van der Waals surface area (Å²) >= 11 is 0. The van der Waals surface area contributed by atoms with Crippen LogP contribution in [0.4, 0.5) is 0 Å². The lowest BCUT2D eigenvalue weighted by Crippen LogP contribution is -1.97. The topological polar surface area (TPSA) is 26.3 Å². The van der Waals surface area contributed by atoms with Crippen LogP contribution in [0.2, 0.25) is 0 Å². The van der Waals surface area contributed by atoms with Gasteiger partial charge in [0.05, 0.1) is 7.11 Å². The average molecular weight is 200 g/mol. The van der Waals surface area contributed by atoms with Crippen LogP contribution in [0.1, 0.15) is 6.42 Å². The standard InChI is InChI=1S/C13H12O2/c1-15-13-7-3-5-10-4-2-6-11(9-14)12(13)8-10/h2-7,9H,8H2,1H3. The molecule has 0 unspecified atom stereocenters. The van der Waals surface area contributed by atoms with Gasteiger partial charge in [0.2, 0.25) is 0 Å². The maximum atomic E-state index is 11.0. The number of aldehydes is 1. The van der Waals surface area contributed by atoms with Crippen molar-refractivity contribution in [2.45, 2.75) is 6.42 Å². The van der Waals surface area contributed by atoms with Gasteiger partial charge in [0.1, 0.15) is 12.0 Å². The molecule has 0 radical (unpaired) electrons. The summed E-state index contributed by atoms with van der Waals surface area (Å²) in [5, 5.41) is 0. The van der Waals surface area contributed by atoms with Crippen LogP contribution in [0.15, 0.2) is 58.9 Å². The molecule has 2 heteroatoms. The molecular weight excluding hydrogens is 188 g/mol. The summed E-state index contributed by atoms with van der Waals surface area (Å²) < 4.78 is 5.28. The number of fused-ring (bicyclic) bond motifs is 2. The van der Waals surface area contributed by atoms with Crippen molar-refractivity contribution in [2.24, 2.45) is 0 Å². The molecule has 0 aromatic carbocycles. The van der Waals surface area contributed by atoms with Gasteiger partial charge in [-0.1, -0.05) is 30.4 Å². The van der Waals surface area contributed by atoms with E-state index in [0.717, 1.165) is 24.0 Å². The van der Waals surface area contributed by atoms with E-state index in [1.165, 1.54) is 5.57 Å². The Labute approximate surface area is 88.9 Å². The normalized spacial score (nSPS) is 19.0. The highest BCUT2D eigenvalue weighted by Gasteiger charge is 2.15. The molecule has 0 heterocycles. The van der Waals surface area contributed by atoms with Crippen LogP contribution >= 0.6 is 0 Å². The van der Waals surface area contributed by atoms with Crippen LogP contribution in [0.3, 0.4) is 0 Å². The van der Waals surface area contributed by atoms with E-state index >= 15 is 0 Å². The molecule has 0 fully saturated rings. The van der Waals surface area contributed by atoms with E-state index < -0.39 is 0 Å². The van der Waals surface area contributed by atoms with Crippen LogP contribution in [-0.2, 0) is 9.53 Å². The van der Waals surface area contributed by atoms with Crippen molar-refractivity contribution in [1.29, 1.82) is 0 Å². The Balaban J connectivity index is 2.56. The second-order valence-corrected chi connectivity index (χ2v) is 3.42. The molecule has 76 valence electrons. The summed E-state index contributed by atoms with van der Waals surface area (Å²) in [5.74, 6) is 0.767. The molecule has 0 N–H and O–H groups in total. The molecule has 15 heavy (non-hydrogen) atoms. The third-order valence-corrected chi connectivity index (χ3v) is 2.52. The minimum Gasteiger partial charge on any atom is -0.496 e. The van der Waals surface area contributed by atoms with E-state index in [-0.39, 0.29) is 0 Å². The Hall–Kier alpha value is -1.83. The van der Waals surface area contributed by atoms with Crippen LogP contribution in [0.5, 0.6) is 0 Å². The third kappa shape index (κ3) is 1.84. The van der Waals surface area contributed by atoms with Crippen LogP contribution in [0, 0.1) is 0 Å². The number of methoxy groups -OCH3 is 1. The molecule has 0 aromatic heterocycles. The lowest BCUT2D eigenvalue weighted by Gasteiger charge is -2.09. The maximum absolute atomic E-state index is 11.0. The number of hydrogen-bond donors (Lipinski definition) is 0. The quantitative estimate of drug-likeness (QED) is 0.640. The number of carbonyl (C=O) groups excluding carboxylic acids is 1. The number of ether oxygens (including phenoxy) is 1. The number of allylic oxidation sites excluding steroid dienone is 9. The minimum atomic E-state index is 0.693. The molecule has 0 saturated heterocycles. The summed E-state index contributed by atoms with van der Waals surface area (Å²) in [6.07, 6.45) is 13.2. The zero-order chi connectivity index (χ0) is 10.7. The first kappa shape index (κ1) is 9.71. The zero-order valence-electron chi connectivity index (χ0n) is 8.57. The van der Waals surface area contributed by atoms with Gasteiger partial charge in [-0.3, -0.25) is 4.79 Å². The smallest absolute Gasteiger partial charge is 0.150 e.